The maximum Gasteiger partial charge on any atom is 0.317 e. The first-order valence-electron chi connectivity index (χ1n) is 9.24. The van der Waals surface area contributed by atoms with Crippen molar-refractivity contribution in [2.45, 2.75) is 32.4 Å². The molecule has 1 aliphatic heterocycles. The highest BCUT2D eigenvalue weighted by Crippen LogP contribution is 2.31. The highest BCUT2D eigenvalue weighted by atomic mass is 19.1. The first kappa shape index (κ1) is 19.0. The Morgan fingerprint density at radius 2 is 1.93 bits per heavy atom. The fourth-order valence-corrected chi connectivity index (χ4v) is 3.10. The number of hydrogen-bond donors (Lipinski definition) is 1. The number of nitrogens with zero attached hydrogens (tertiary/aromatic N) is 1. The van der Waals surface area contributed by atoms with E-state index in [2.05, 4.69) is 5.32 Å². The summed E-state index contributed by atoms with van der Waals surface area (Å²) in [7, 11) is 0. The molecule has 5 nitrogen and oxygen atoms in total. The zero-order valence-corrected chi connectivity index (χ0v) is 15.7. The number of fused-ring (bicyclic) bond motifs is 1. The van der Waals surface area contributed by atoms with Crippen LogP contribution in [-0.4, -0.2) is 42.8 Å². The molecule has 2 aromatic carbocycles. The van der Waals surface area contributed by atoms with Crippen molar-refractivity contribution in [2.75, 3.05) is 19.7 Å². The minimum Gasteiger partial charge on any atom is -0.486 e. The molecule has 3 rings (SSSR count). The summed E-state index contributed by atoms with van der Waals surface area (Å²) in [5, 5.41) is 2.94. The topological polar surface area (TPSA) is 50.8 Å². The van der Waals surface area contributed by atoms with E-state index in [9.17, 15) is 9.18 Å². The van der Waals surface area contributed by atoms with Crippen LogP contribution in [0.5, 0.6) is 11.5 Å². The Labute approximate surface area is 159 Å². The molecule has 0 spiro atoms. The number of carbonyl (C=O) groups is 1. The van der Waals surface area contributed by atoms with E-state index in [1.54, 1.807) is 23.1 Å². The summed E-state index contributed by atoms with van der Waals surface area (Å²) >= 11 is 0. The number of rotatable bonds is 6. The Hall–Kier alpha value is -2.76. The second kappa shape index (κ2) is 8.75. The van der Waals surface area contributed by atoms with Crippen LogP contribution in [0.4, 0.5) is 9.18 Å². The van der Waals surface area contributed by atoms with Gasteiger partial charge in [-0.05, 0) is 44.0 Å². The molecule has 0 aromatic heterocycles. The number of nitrogens with one attached hydrogen (secondary N) is 1. The number of likely N-dealkylation sites (N-methyl/N-ethyl adjacent to an activating group) is 1. The SMILES string of the molecule is CCN(CC1COc2ccccc2O1)C(=O)NC(C)Cc1ccccc1F. The fraction of sp³-hybridized carbons (Fsp3) is 0.381. The predicted octanol–water partition coefficient (Wildman–Crippen LogP) is 3.63. The van der Waals surface area contributed by atoms with Gasteiger partial charge in [0.15, 0.2) is 17.6 Å². The molecule has 1 heterocycles. The summed E-state index contributed by atoms with van der Waals surface area (Å²) in [4.78, 5) is 14.3. The molecule has 0 saturated heterocycles. The molecular weight excluding hydrogens is 347 g/mol. The van der Waals surface area contributed by atoms with Gasteiger partial charge in [-0.15, -0.1) is 0 Å². The molecule has 144 valence electrons. The monoisotopic (exact) mass is 372 g/mol. The van der Waals surface area contributed by atoms with Crippen LogP contribution in [-0.2, 0) is 6.42 Å². The molecule has 0 aliphatic carbocycles. The molecule has 0 fully saturated rings. The first-order chi connectivity index (χ1) is 13.1. The van der Waals surface area contributed by atoms with Crippen molar-refractivity contribution in [3.8, 4) is 11.5 Å². The number of urea groups is 1. The Bertz CT molecular complexity index is 784. The van der Waals surface area contributed by atoms with Gasteiger partial charge < -0.3 is 19.7 Å². The summed E-state index contributed by atoms with van der Waals surface area (Å²) in [5.41, 5.74) is 0.592. The van der Waals surface area contributed by atoms with E-state index >= 15 is 0 Å². The Kier molecular flexibility index (Phi) is 6.16. The van der Waals surface area contributed by atoms with Gasteiger partial charge in [0.05, 0.1) is 6.54 Å². The number of para-hydroxylation sites is 2. The van der Waals surface area contributed by atoms with Gasteiger partial charge in [0.2, 0.25) is 0 Å². The van der Waals surface area contributed by atoms with Crippen molar-refractivity contribution in [3.63, 3.8) is 0 Å². The van der Waals surface area contributed by atoms with Gasteiger partial charge >= 0.3 is 6.03 Å². The quantitative estimate of drug-likeness (QED) is 0.842. The summed E-state index contributed by atoms with van der Waals surface area (Å²) in [6.45, 7) is 5.14. The van der Waals surface area contributed by atoms with Crippen molar-refractivity contribution >= 4 is 6.03 Å². The molecule has 0 saturated carbocycles. The van der Waals surface area contributed by atoms with E-state index in [4.69, 9.17) is 9.47 Å². The highest BCUT2D eigenvalue weighted by Gasteiger charge is 2.25. The zero-order valence-electron chi connectivity index (χ0n) is 15.7. The predicted molar refractivity (Wildman–Crippen MR) is 102 cm³/mol. The van der Waals surface area contributed by atoms with Crippen LogP contribution >= 0.6 is 0 Å². The third kappa shape index (κ3) is 4.90. The van der Waals surface area contributed by atoms with Crippen LogP contribution in [0, 0.1) is 5.82 Å². The maximum absolute atomic E-state index is 13.8. The average molecular weight is 372 g/mol. The Morgan fingerprint density at radius 3 is 2.67 bits per heavy atom. The van der Waals surface area contributed by atoms with Crippen molar-refractivity contribution in [1.29, 1.82) is 0 Å². The lowest BCUT2D eigenvalue weighted by atomic mass is 10.1. The number of hydrogen-bond acceptors (Lipinski definition) is 3. The maximum atomic E-state index is 13.8. The second-order valence-electron chi connectivity index (χ2n) is 6.68. The summed E-state index contributed by atoms with van der Waals surface area (Å²) < 4.78 is 25.4. The number of halogens is 1. The molecule has 1 N–H and O–H groups in total. The molecule has 1 aliphatic rings. The van der Waals surface area contributed by atoms with Crippen LogP contribution < -0.4 is 14.8 Å². The molecule has 0 bridgehead atoms. The minimum atomic E-state index is -0.252. The molecule has 2 aromatic rings. The van der Waals surface area contributed by atoms with E-state index in [0.717, 1.165) is 5.75 Å². The van der Waals surface area contributed by atoms with Crippen LogP contribution in [0.1, 0.15) is 19.4 Å². The minimum absolute atomic E-state index is 0.187. The normalized spacial score (nSPS) is 16.5. The molecular formula is C21H25FN2O3. The van der Waals surface area contributed by atoms with Gasteiger partial charge in [-0.3, -0.25) is 0 Å². The lowest BCUT2D eigenvalue weighted by molar-refractivity contribution is 0.0672. The number of amides is 2. The standard InChI is InChI=1S/C21H25FN2O3/c1-3-24(13-17-14-26-19-10-6-7-11-20(19)27-17)21(25)23-15(2)12-16-8-4-5-9-18(16)22/h4-11,15,17H,3,12-14H2,1-2H3,(H,23,25). The smallest absolute Gasteiger partial charge is 0.317 e. The van der Waals surface area contributed by atoms with Crippen LogP contribution in [0.3, 0.4) is 0 Å². The van der Waals surface area contributed by atoms with E-state index in [-0.39, 0.29) is 24.0 Å². The molecule has 27 heavy (non-hydrogen) atoms. The van der Waals surface area contributed by atoms with E-state index < -0.39 is 0 Å². The number of ether oxygens (including phenoxy) is 2. The van der Waals surface area contributed by atoms with Crippen LogP contribution in [0.15, 0.2) is 48.5 Å². The number of carbonyl (C=O) groups excluding carboxylic acids is 1. The molecule has 2 unspecified atom stereocenters. The van der Waals surface area contributed by atoms with Gasteiger partial charge in [0.25, 0.3) is 0 Å². The zero-order chi connectivity index (χ0) is 19.2. The molecule has 0 radical (unpaired) electrons. The molecule has 6 heteroatoms. The Morgan fingerprint density at radius 1 is 1.22 bits per heavy atom. The van der Waals surface area contributed by atoms with Crippen molar-refractivity contribution in [2.24, 2.45) is 0 Å². The van der Waals surface area contributed by atoms with Crippen molar-refractivity contribution in [1.82, 2.24) is 10.2 Å². The largest absolute Gasteiger partial charge is 0.486 e. The Balaban J connectivity index is 1.54. The number of benzene rings is 2. The summed E-state index contributed by atoms with van der Waals surface area (Å²) in [6, 6.07) is 13.7. The first-order valence-corrected chi connectivity index (χ1v) is 9.24. The van der Waals surface area contributed by atoms with Crippen LogP contribution in [0.2, 0.25) is 0 Å². The van der Waals surface area contributed by atoms with E-state index in [1.165, 1.54) is 6.07 Å². The fourth-order valence-electron chi connectivity index (χ4n) is 3.10. The molecule has 2 amide bonds. The van der Waals surface area contributed by atoms with E-state index in [1.807, 2.05) is 38.1 Å². The van der Waals surface area contributed by atoms with Gasteiger partial charge in [0, 0.05) is 12.6 Å². The average Bonchev–Trinajstić information content (AvgIpc) is 2.67. The molecule has 2 atom stereocenters. The van der Waals surface area contributed by atoms with E-state index in [0.29, 0.717) is 37.4 Å². The summed E-state index contributed by atoms with van der Waals surface area (Å²) in [5.74, 6) is 1.16. The van der Waals surface area contributed by atoms with Gasteiger partial charge in [0.1, 0.15) is 12.4 Å². The van der Waals surface area contributed by atoms with Crippen molar-refractivity contribution < 1.29 is 18.7 Å². The van der Waals surface area contributed by atoms with Crippen LogP contribution in [0.25, 0.3) is 0 Å². The second-order valence-corrected chi connectivity index (χ2v) is 6.68. The highest BCUT2D eigenvalue weighted by molar-refractivity contribution is 5.74. The van der Waals surface area contributed by atoms with Crippen molar-refractivity contribution in [3.05, 3.63) is 59.9 Å². The third-order valence-corrected chi connectivity index (χ3v) is 4.51. The lowest BCUT2D eigenvalue weighted by Gasteiger charge is -2.31. The van der Waals surface area contributed by atoms with Gasteiger partial charge in [-0.1, -0.05) is 30.3 Å². The van der Waals surface area contributed by atoms with Gasteiger partial charge in [-0.2, -0.15) is 0 Å². The summed E-state index contributed by atoms with van der Waals surface area (Å²) in [6.07, 6.45) is 0.208. The lowest BCUT2D eigenvalue weighted by Crippen LogP contribution is -2.49. The van der Waals surface area contributed by atoms with Gasteiger partial charge in [-0.25, -0.2) is 9.18 Å². The third-order valence-electron chi connectivity index (χ3n) is 4.51.